The molecule has 0 saturated carbocycles. The molecule has 0 fully saturated rings. The second kappa shape index (κ2) is 10.7. The Kier molecular flexibility index (Phi) is 7.73. The van der Waals surface area contributed by atoms with E-state index in [0.29, 0.717) is 29.1 Å². The molecular weight excluding hydrogens is 408 g/mol. The number of methoxy groups -OCH3 is 1. The van der Waals surface area contributed by atoms with Crippen molar-refractivity contribution in [2.24, 2.45) is 0 Å². The highest BCUT2D eigenvalue weighted by Gasteiger charge is 2.18. The molecule has 0 heterocycles. The van der Waals surface area contributed by atoms with Crippen molar-refractivity contribution in [3.63, 3.8) is 0 Å². The van der Waals surface area contributed by atoms with E-state index in [1.807, 2.05) is 68.4 Å². The molecule has 0 aliphatic heterocycles. The molecule has 2 amide bonds. The van der Waals surface area contributed by atoms with Crippen LogP contribution in [0.3, 0.4) is 0 Å². The van der Waals surface area contributed by atoms with Gasteiger partial charge in [-0.05, 0) is 55.8 Å². The number of anilines is 2. The molecule has 160 valence electrons. The van der Waals surface area contributed by atoms with Gasteiger partial charge in [0.15, 0.2) is 0 Å². The van der Waals surface area contributed by atoms with Crippen LogP contribution in [-0.2, 0) is 4.79 Å². The van der Waals surface area contributed by atoms with E-state index >= 15 is 0 Å². The summed E-state index contributed by atoms with van der Waals surface area (Å²) in [5.41, 5.74) is 3.10. The Labute approximate surface area is 187 Å². The minimum absolute atomic E-state index is 0.0742. The van der Waals surface area contributed by atoms with Crippen LogP contribution in [0.25, 0.3) is 0 Å². The maximum absolute atomic E-state index is 12.8. The summed E-state index contributed by atoms with van der Waals surface area (Å²) in [5.74, 6) is 0.454. The number of aryl methyl sites for hydroxylation is 1. The summed E-state index contributed by atoms with van der Waals surface area (Å²) < 4.78 is 5.21. The molecular formula is C25H26N2O3S. The van der Waals surface area contributed by atoms with Crippen LogP contribution >= 0.6 is 11.8 Å². The Morgan fingerprint density at radius 2 is 1.61 bits per heavy atom. The zero-order valence-electron chi connectivity index (χ0n) is 17.8. The van der Waals surface area contributed by atoms with E-state index in [0.717, 1.165) is 10.5 Å². The van der Waals surface area contributed by atoms with E-state index in [4.69, 9.17) is 4.74 Å². The summed E-state index contributed by atoms with van der Waals surface area (Å²) in [7, 11) is 1.59. The van der Waals surface area contributed by atoms with Gasteiger partial charge in [0, 0.05) is 27.9 Å². The average molecular weight is 435 g/mol. The second-order valence-corrected chi connectivity index (χ2v) is 8.36. The number of ether oxygens (including phenoxy) is 1. The molecule has 31 heavy (non-hydrogen) atoms. The first-order valence-corrected chi connectivity index (χ1v) is 11.0. The number of amides is 2. The molecule has 0 saturated heterocycles. The summed E-state index contributed by atoms with van der Waals surface area (Å²) in [6.07, 6.45) is 0.667. The minimum Gasteiger partial charge on any atom is -0.497 e. The van der Waals surface area contributed by atoms with Gasteiger partial charge in [0.25, 0.3) is 5.91 Å². The Hall–Kier alpha value is -3.25. The van der Waals surface area contributed by atoms with Gasteiger partial charge in [-0.2, -0.15) is 0 Å². The van der Waals surface area contributed by atoms with E-state index in [1.165, 1.54) is 11.8 Å². The van der Waals surface area contributed by atoms with Crippen LogP contribution < -0.4 is 15.4 Å². The number of carbonyl (C=O) groups excluding carboxylic acids is 2. The molecule has 6 heteroatoms. The first kappa shape index (κ1) is 22.4. The molecule has 0 spiro atoms. The molecule has 1 atom stereocenters. The van der Waals surface area contributed by atoms with Crippen LogP contribution in [-0.4, -0.2) is 24.2 Å². The summed E-state index contributed by atoms with van der Waals surface area (Å²) in [6, 6.07) is 22.3. The monoisotopic (exact) mass is 434 g/mol. The minimum atomic E-state index is -0.269. The van der Waals surface area contributed by atoms with Crippen LogP contribution in [0, 0.1) is 6.92 Å². The summed E-state index contributed by atoms with van der Waals surface area (Å²) in [6.45, 7) is 3.96. The third-order valence-corrected chi connectivity index (χ3v) is 6.04. The standard InChI is InChI=1S/C25H26N2O3S/c1-4-23(25(29)27-19-7-5-9-21(15-19)30-3)31-22-10-6-8-20(16-22)26-24(28)18-13-11-17(2)12-14-18/h5-16,23H,4H2,1-3H3,(H,26,28)(H,27,29). The lowest BCUT2D eigenvalue weighted by Gasteiger charge is -2.16. The molecule has 3 aromatic rings. The molecule has 3 aromatic carbocycles. The fourth-order valence-corrected chi connectivity index (χ4v) is 3.98. The number of nitrogens with one attached hydrogen (secondary N) is 2. The van der Waals surface area contributed by atoms with Gasteiger partial charge >= 0.3 is 0 Å². The largest absolute Gasteiger partial charge is 0.497 e. The maximum Gasteiger partial charge on any atom is 0.255 e. The molecule has 0 radical (unpaired) electrons. The van der Waals surface area contributed by atoms with Crippen LogP contribution in [0.1, 0.15) is 29.3 Å². The summed E-state index contributed by atoms with van der Waals surface area (Å²) in [4.78, 5) is 26.2. The van der Waals surface area contributed by atoms with Crippen LogP contribution in [0.2, 0.25) is 0 Å². The third-order valence-electron chi connectivity index (χ3n) is 4.68. The van der Waals surface area contributed by atoms with Crippen molar-refractivity contribution in [3.8, 4) is 5.75 Å². The molecule has 5 nitrogen and oxygen atoms in total. The number of hydrogen-bond donors (Lipinski definition) is 2. The van der Waals surface area contributed by atoms with Gasteiger partial charge in [-0.15, -0.1) is 11.8 Å². The number of benzene rings is 3. The first-order chi connectivity index (χ1) is 15.0. The van der Waals surface area contributed by atoms with Gasteiger partial charge in [0.2, 0.25) is 5.91 Å². The lowest BCUT2D eigenvalue weighted by Crippen LogP contribution is -2.24. The number of hydrogen-bond acceptors (Lipinski definition) is 4. The van der Waals surface area contributed by atoms with Crippen LogP contribution in [0.4, 0.5) is 11.4 Å². The third kappa shape index (κ3) is 6.36. The van der Waals surface area contributed by atoms with E-state index in [9.17, 15) is 9.59 Å². The van der Waals surface area contributed by atoms with Crippen molar-refractivity contribution >= 4 is 35.0 Å². The Bertz CT molecular complexity index is 1050. The van der Waals surface area contributed by atoms with Crippen molar-refractivity contribution < 1.29 is 14.3 Å². The van der Waals surface area contributed by atoms with E-state index in [1.54, 1.807) is 25.3 Å². The van der Waals surface area contributed by atoms with Gasteiger partial charge in [0.1, 0.15) is 5.75 Å². The van der Waals surface area contributed by atoms with Crippen LogP contribution in [0.15, 0.2) is 77.7 Å². The molecule has 0 aliphatic carbocycles. The quantitative estimate of drug-likeness (QED) is 0.442. The van der Waals surface area contributed by atoms with Crippen molar-refractivity contribution in [1.29, 1.82) is 0 Å². The molecule has 0 aliphatic rings. The van der Waals surface area contributed by atoms with Gasteiger partial charge in [0.05, 0.1) is 12.4 Å². The molecule has 3 rings (SSSR count). The molecule has 1 unspecified atom stereocenters. The number of thioether (sulfide) groups is 1. The lowest BCUT2D eigenvalue weighted by atomic mass is 10.1. The number of rotatable bonds is 8. The second-order valence-electron chi connectivity index (χ2n) is 7.08. The zero-order chi connectivity index (χ0) is 22.2. The fourth-order valence-electron chi connectivity index (χ4n) is 2.97. The van der Waals surface area contributed by atoms with Crippen molar-refractivity contribution in [3.05, 3.63) is 83.9 Å². The van der Waals surface area contributed by atoms with Gasteiger partial charge in [-0.1, -0.05) is 36.8 Å². The van der Waals surface area contributed by atoms with Crippen molar-refractivity contribution in [1.82, 2.24) is 0 Å². The fraction of sp³-hybridized carbons (Fsp3) is 0.200. The van der Waals surface area contributed by atoms with E-state index in [-0.39, 0.29) is 17.1 Å². The summed E-state index contributed by atoms with van der Waals surface area (Å²) >= 11 is 1.47. The molecule has 2 N–H and O–H groups in total. The SMILES string of the molecule is CCC(Sc1cccc(NC(=O)c2ccc(C)cc2)c1)C(=O)Nc1cccc(OC)c1. The summed E-state index contributed by atoms with van der Waals surface area (Å²) in [5, 5.41) is 5.61. The highest BCUT2D eigenvalue weighted by molar-refractivity contribution is 8.00. The van der Waals surface area contributed by atoms with Gasteiger partial charge < -0.3 is 15.4 Å². The highest BCUT2D eigenvalue weighted by atomic mass is 32.2. The van der Waals surface area contributed by atoms with E-state index in [2.05, 4.69) is 10.6 Å². The predicted octanol–water partition coefficient (Wildman–Crippen LogP) is 5.77. The van der Waals surface area contributed by atoms with Gasteiger partial charge in [-0.3, -0.25) is 9.59 Å². The Balaban J connectivity index is 1.65. The Morgan fingerprint density at radius 3 is 2.29 bits per heavy atom. The van der Waals surface area contributed by atoms with E-state index < -0.39 is 0 Å². The van der Waals surface area contributed by atoms with Crippen molar-refractivity contribution in [2.75, 3.05) is 17.7 Å². The number of carbonyl (C=O) groups is 2. The molecule has 0 bridgehead atoms. The smallest absolute Gasteiger partial charge is 0.255 e. The molecule has 0 aromatic heterocycles. The average Bonchev–Trinajstić information content (AvgIpc) is 2.78. The first-order valence-electron chi connectivity index (χ1n) is 10.1. The normalized spacial score (nSPS) is 11.5. The lowest BCUT2D eigenvalue weighted by molar-refractivity contribution is -0.115. The van der Waals surface area contributed by atoms with Gasteiger partial charge in [-0.25, -0.2) is 0 Å². The topological polar surface area (TPSA) is 67.4 Å². The van der Waals surface area contributed by atoms with Crippen LogP contribution in [0.5, 0.6) is 5.75 Å². The Morgan fingerprint density at radius 1 is 0.935 bits per heavy atom. The van der Waals surface area contributed by atoms with Crippen molar-refractivity contribution in [2.45, 2.75) is 30.4 Å². The highest BCUT2D eigenvalue weighted by Crippen LogP contribution is 2.29. The predicted molar refractivity (Wildman–Crippen MR) is 127 cm³/mol. The maximum atomic E-state index is 12.8. The zero-order valence-corrected chi connectivity index (χ0v) is 18.7.